The Labute approximate surface area is 170 Å². The first-order valence-corrected chi connectivity index (χ1v) is 10.8. The number of hydrogen-bond acceptors (Lipinski definition) is 4. The van der Waals surface area contributed by atoms with Crippen LogP contribution in [0.15, 0.2) is 48.5 Å². The lowest BCUT2D eigenvalue weighted by atomic mass is 10.2. The van der Waals surface area contributed by atoms with E-state index in [-0.39, 0.29) is 5.91 Å². The summed E-state index contributed by atoms with van der Waals surface area (Å²) in [6.45, 7) is 4.90. The van der Waals surface area contributed by atoms with Crippen LogP contribution in [0.3, 0.4) is 0 Å². The lowest BCUT2D eigenvalue weighted by molar-refractivity contribution is -0.118. The number of nitrogens with zero attached hydrogens (tertiary/aromatic N) is 2. The molecule has 0 radical (unpaired) electrons. The van der Waals surface area contributed by atoms with E-state index in [0.29, 0.717) is 12.3 Å². The third kappa shape index (κ3) is 6.16. The van der Waals surface area contributed by atoms with Gasteiger partial charge >= 0.3 is 0 Å². The number of nitrogens with one attached hydrogen (secondary N) is 1. The van der Waals surface area contributed by atoms with Crippen LogP contribution in [-0.4, -0.2) is 49.8 Å². The normalized spacial score (nSPS) is 15.0. The van der Waals surface area contributed by atoms with Crippen LogP contribution >= 0.6 is 23.4 Å². The van der Waals surface area contributed by atoms with E-state index in [1.165, 1.54) is 5.69 Å². The minimum absolute atomic E-state index is 0.0511. The minimum Gasteiger partial charge on any atom is -0.369 e. The van der Waals surface area contributed by atoms with Gasteiger partial charge in [0.1, 0.15) is 0 Å². The Hall–Kier alpha value is -1.69. The van der Waals surface area contributed by atoms with Gasteiger partial charge in [0.05, 0.1) is 5.75 Å². The zero-order valence-electron chi connectivity index (χ0n) is 15.7. The van der Waals surface area contributed by atoms with E-state index in [1.54, 1.807) is 11.8 Å². The van der Waals surface area contributed by atoms with Crippen LogP contribution in [0.2, 0.25) is 5.02 Å². The predicted molar refractivity (Wildman–Crippen MR) is 116 cm³/mol. The van der Waals surface area contributed by atoms with E-state index in [0.717, 1.165) is 48.1 Å². The Morgan fingerprint density at radius 2 is 1.78 bits per heavy atom. The second-order valence-electron chi connectivity index (χ2n) is 6.82. The van der Waals surface area contributed by atoms with Crippen LogP contribution in [0.5, 0.6) is 0 Å². The van der Waals surface area contributed by atoms with Gasteiger partial charge in [0.2, 0.25) is 5.91 Å². The maximum absolute atomic E-state index is 12.1. The topological polar surface area (TPSA) is 35.6 Å². The van der Waals surface area contributed by atoms with Gasteiger partial charge in [0, 0.05) is 49.2 Å². The highest BCUT2D eigenvalue weighted by Gasteiger charge is 2.14. The second-order valence-corrected chi connectivity index (χ2v) is 8.21. The van der Waals surface area contributed by atoms with E-state index >= 15 is 0 Å². The van der Waals surface area contributed by atoms with Gasteiger partial charge < -0.3 is 15.1 Å². The molecule has 1 heterocycles. The number of carbonyl (C=O) groups excluding carboxylic acids is 1. The van der Waals surface area contributed by atoms with Gasteiger partial charge in [0.25, 0.3) is 0 Å². The highest BCUT2D eigenvalue weighted by molar-refractivity contribution is 7.99. The van der Waals surface area contributed by atoms with Crippen molar-refractivity contribution in [1.29, 1.82) is 0 Å². The summed E-state index contributed by atoms with van der Waals surface area (Å²) in [4.78, 5) is 16.8. The van der Waals surface area contributed by atoms with E-state index < -0.39 is 0 Å². The van der Waals surface area contributed by atoms with E-state index in [9.17, 15) is 4.79 Å². The molecule has 4 nitrogen and oxygen atoms in total. The van der Waals surface area contributed by atoms with Crippen molar-refractivity contribution in [2.24, 2.45) is 0 Å². The lowest BCUT2D eigenvalue weighted by Gasteiger charge is -2.34. The summed E-state index contributed by atoms with van der Waals surface area (Å²) in [6.07, 6.45) is 0. The summed E-state index contributed by atoms with van der Waals surface area (Å²) in [5.41, 5.74) is 3.45. The van der Waals surface area contributed by atoms with Gasteiger partial charge in [-0.2, -0.15) is 0 Å². The second kappa shape index (κ2) is 10.0. The monoisotopic (exact) mass is 403 g/mol. The van der Waals surface area contributed by atoms with Crippen molar-refractivity contribution in [2.75, 3.05) is 43.9 Å². The van der Waals surface area contributed by atoms with Crippen LogP contribution in [0.1, 0.15) is 11.1 Å². The molecule has 1 fully saturated rings. The Bertz CT molecular complexity index is 745. The molecule has 1 N–H and O–H groups in total. The Morgan fingerprint density at radius 3 is 2.48 bits per heavy atom. The van der Waals surface area contributed by atoms with E-state index in [4.69, 9.17) is 11.6 Å². The summed E-state index contributed by atoms with van der Waals surface area (Å²) >= 11 is 7.72. The van der Waals surface area contributed by atoms with Gasteiger partial charge in [-0.3, -0.25) is 4.79 Å². The summed E-state index contributed by atoms with van der Waals surface area (Å²) < 4.78 is 0. The molecule has 2 aromatic rings. The summed E-state index contributed by atoms with van der Waals surface area (Å²) in [5.74, 6) is 1.23. The number of thioether (sulfide) groups is 1. The number of hydrogen-bond donors (Lipinski definition) is 1. The molecule has 0 bridgehead atoms. The molecule has 3 rings (SSSR count). The Kier molecular flexibility index (Phi) is 7.44. The Balaban J connectivity index is 1.39. The number of amides is 1. The average molecular weight is 404 g/mol. The summed E-state index contributed by atoms with van der Waals surface area (Å²) in [5, 5.41) is 3.75. The summed E-state index contributed by atoms with van der Waals surface area (Å²) in [6, 6.07) is 16.3. The molecule has 27 heavy (non-hydrogen) atoms. The molecular weight excluding hydrogens is 378 g/mol. The lowest BCUT2D eigenvalue weighted by Crippen LogP contribution is -2.44. The fraction of sp³-hybridized carbons (Fsp3) is 0.381. The van der Waals surface area contributed by atoms with Gasteiger partial charge in [-0.15, -0.1) is 11.8 Å². The van der Waals surface area contributed by atoms with Gasteiger partial charge in [-0.25, -0.2) is 0 Å². The number of rotatable bonds is 7. The predicted octanol–water partition coefficient (Wildman–Crippen LogP) is 3.64. The third-order valence-corrected chi connectivity index (χ3v) is 6.09. The largest absolute Gasteiger partial charge is 0.369 e. The number of halogens is 1. The molecule has 1 aliphatic rings. The van der Waals surface area contributed by atoms with Gasteiger partial charge in [0.15, 0.2) is 0 Å². The minimum atomic E-state index is 0.0511. The molecule has 0 saturated carbocycles. The molecule has 6 heteroatoms. The molecule has 0 aromatic heterocycles. The molecule has 2 aromatic carbocycles. The maximum Gasteiger partial charge on any atom is 0.230 e. The zero-order valence-corrected chi connectivity index (χ0v) is 17.2. The van der Waals surface area contributed by atoms with Crippen molar-refractivity contribution in [1.82, 2.24) is 10.2 Å². The van der Waals surface area contributed by atoms with Crippen LogP contribution in [0, 0.1) is 0 Å². The molecule has 0 aliphatic carbocycles. The highest BCUT2D eigenvalue weighted by Crippen LogP contribution is 2.20. The van der Waals surface area contributed by atoms with E-state index in [2.05, 4.69) is 46.4 Å². The first-order valence-electron chi connectivity index (χ1n) is 9.22. The highest BCUT2D eigenvalue weighted by atomic mass is 35.5. The number of benzene rings is 2. The van der Waals surface area contributed by atoms with Crippen molar-refractivity contribution < 1.29 is 4.79 Å². The zero-order chi connectivity index (χ0) is 19.1. The maximum atomic E-state index is 12.1. The fourth-order valence-electron chi connectivity index (χ4n) is 3.01. The smallest absolute Gasteiger partial charge is 0.230 e. The third-order valence-electron chi connectivity index (χ3n) is 4.74. The molecule has 0 spiro atoms. The number of likely N-dealkylation sites (N-methyl/N-ethyl adjacent to an activating group) is 1. The molecule has 0 atom stereocenters. The van der Waals surface area contributed by atoms with Gasteiger partial charge in [-0.1, -0.05) is 41.9 Å². The first-order chi connectivity index (χ1) is 13.1. The Morgan fingerprint density at radius 1 is 1.07 bits per heavy atom. The SMILES string of the molecule is CN1CCN(c2ccc(CNC(=O)CSCc3ccccc3Cl)cc2)CC1. The van der Waals surface area contributed by atoms with Crippen molar-refractivity contribution >= 4 is 35.0 Å². The van der Waals surface area contributed by atoms with Crippen molar-refractivity contribution in [3.05, 3.63) is 64.7 Å². The van der Waals surface area contributed by atoms with E-state index in [1.807, 2.05) is 24.3 Å². The summed E-state index contributed by atoms with van der Waals surface area (Å²) in [7, 11) is 2.16. The molecular formula is C21H26ClN3OS. The average Bonchev–Trinajstić information content (AvgIpc) is 2.69. The molecule has 1 saturated heterocycles. The van der Waals surface area contributed by atoms with Gasteiger partial charge in [-0.05, 0) is 36.4 Å². The van der Waals surface area contributed by atoms with Crippen molar-refractivity contribution in [3.8, 4) is 0 Å². The molecule has 1 aliphatic heterocycles. The van der Waals surface area contributed by atoms with Crippen LogP contribution in [0.4, 0.5) is 5.69 Å². The number of piperazine rings is 1. The van der Waals surface area contributed by atoms with Crippen LogP contribution in [0.25, 0.3) is 0 Å². The molecule has 144 valence electrons. The number of carbonyl (C=O) groups is 1. The fourth-order valence-corrected chi connectivity index (χ4v) is 4.15. The van der Waals surface area contributed by atoms with Crippen molar-refractivity contribution in [3.63, 3.8) is 0 Å². The number of anilines is 1. The van der Waals surface area contributed by atoms with Crippen molar-refractivity contribution in [2.45, 2.75) is 12.3 Å². The quantitative estimate of drug-likeness (QED) is 0.765. The molecule has 1 amide bonds. The standard InChI is InChI=1S/C21H26ClN3OS/c1-24-10-12-25(13-11-24)19-8-6-17(7-9-19)14-23-21(26)16-27-15-18-4-2-3-5-20(18)22/h2-9H,10-16H2,1H3,(H,23,26). The first kappa shape index (κ1) is 20.1. The molecule has 0 unspecified atom stereocenters. The van der Waals surface area contributed by atoms with Crippen LogP contribution in [-0.2, 0) is 17.1 Å². The van der Waals surface area contributed by atoms with Crippen LogP contribution < -0.4 is 10.2 Å².